The first-order chi connectivity index (χ1) is 16.4. The monoisotopic (exact) mass is 462 g/mol. The molecular formula is C26H31FN6O. The molecule has 0 amide bonds. The van der Waals surface area contributed by atoms with Crippen LogP contribution in [0.25, 0.3) is 0 Å². The lowest BCUT2D eigenvalue weighted by molar-refractivity contribution is 0.312. The number of anilines is 2. The third kappa shape index (κ3) is 4.18. The van der Waals surface area contributed by atoms with Gasteiger partial charge in [-0.05, 0) is 57.0 Å². The summed E-state index contributed by atoms with van der Waals surface area (Å²) in [6.45, 7) is 7.23. The van der Waals surface area contributed by atoms with Crippen LogP contribution in [-0.4, -0.2) is 53.6 Å². The minimum atomic E-state index is -0.356. The first-order valence-electron chi connectivity index (χ1n) is 11.8. The van der Waals surface area contributed by atoms with Gasteiger partial charge >= 0.3 is 6.01 Å². The van der Waals surface area contributed by atoms with Crippen LogP contribution >= 0.6 is 0 Å². The molecule has 178 valence electrons. The summed E-state index contributed by atoms with van der Waals surface area (Å²) in [5.74, 6) is 1.02. The van der Waals surface area contributed by atoms with Gasteiger partial charge in [0.05, 0.1) is 18.5 Å². The lowest BCUT2D eigenvalue weighted by Crippen LogP contribution is -2.33. The number of aryl methyl sites for hydroxylation is 1. The third-order valence-electron chi connectivity index (χ3n) is 6.80. The summed E-state index contributed by atoms with van der Waals surface area (Å²) in [4.78, 5) is 20.1. The molecule has 1 aromatic carbocycles. The highest BCUT2D eigenvalue weighted by molar-refractivity contribution is 5.76. The van der Waals surface area contributed by atoms with Gasteiger partial charge in [-0.1, -0.05) is 24.3 Å². The first kappa shape index (κ1) is 22.5. The van der Waals surface area contributed by atoms with E-state index >= 15 is 0 Å². The lowest BCUT2D eigenvalue weighted by atomic mass is 9.97. The molecule has 0 saturated carbocycles. The van der Waals surface area contributed by atoms with E-state index in [0.717, 1.165) is 35.9 Å². The Hall–Kier alpha value is -3.26. The van der Waals surface area contributed by atoms with Gasteiger partial charge in [0.15, 0.2) is 5.82 Å². The summed E-state index contributed by atoms with van der Waals surface area (Å²) in [7, 11) is 4.17. The fourth-order valence-electron chi connectivity index (χ4n) is 5.21. The molecule has 5 rings (SSSR count). The number of aromatic nitrogens is 3. The average Bonchev–Trinajstić information content (AvgIpc) is 3.36. The van der Waals surface area contributed by atoms with Crippen molar-refractivity contribution in [3.63, 3.8) is 0 Å². The largest absolute Gasteiger partial charge is 0.464 e. The topological polar surface area (TPSA) is 57.6 Å². The summed E-state index contributed by atoms with van der Waals surface area (Å²) in [6.07, 6.45) is 3.89. The lowest BCUT2D eigenvalue weighted by Gasteiger charge is -2.30. The van der Waals surface area contributed by atoms with Crippen molar-refractivity contribution in [1.29, 1.82) is 0 Å². The molecule has 0 N–H and O–H groups in total. The zero-order chi connectivity index (χ0) is 23.8. The van der Waals surface area contributed by atoms with Crippen LogP contribution in [0.2, 0.25) is 0 Å². The molecule has 34 heavy (non-hydrogen) atoms. The first-order valence-corrected chi connectivity index (χ1v) is 11.8. The Balaban J connectivity index is 1.51. The van der Waals surface area contributed by atoms with Gasteiger partial charge in [0.1, 0.15) is 17.7 Å². The molecule has 8 heteroatoms. The number of pyridine rings is 1. The van der Waals surface area contributed by atoms with Crippen LogP contribution in [0.5, 0.6) is 6.01 Å². The van der Waals surface area contributed by atoms with Crippen molar-refractivity contribution in [3.05, 3.63) is 70.9 Å². The van der Waals surface area contributed by atoms with Crippen molar-refractivity contribution in [3.8, 4) is 6.01 Å². The fraction of sp³-hybridized carbons (Fsp3) is 0.423. The van der Waals surface area contributed by atoms with Gasteiger partial charge in [-0.15, -0.1) is 0 Å². The minimum absolute atomic E-state index is 0.258. The maximum Gasteiger partial charge on any atom is 0.318 e. The van der Waals surface area contributed by atoms with Gasteiger partial charge in [0, 0.05) is 31.9 Å². The number of rotatable bonds is 6. The molecular weight excluding hydrogens is 431 g/mol. The molecule has 2 aromatic heterocycles. The Labute approximate surface area is 200 Å². The van der Waals surface area contributed by atoms with E-state index in [9.17, 15) is 4.39 Å². The highest BCUT2D eigenvalue weighted by atomic mass is 19.1. The molecule has 0 aliphatic carbocycles. The second kappa shape index (κ2) is 9.18. The van der Waals surface area contributed by atoms with Gasteiger partial charge < -0.3 is 19.4 Å². The summed E-state index contributed by atoms with van der Waals surface area (Å²) < 4.78 is 19.8. The van der Waals surface area contributed by atoms with Gasteiger partial charge in [0.2, 0.25) is 0 Å². The van der Waals surface area contributed by atoms with E-state index in [1.165, 1.54) is 23.7 Å². The fourth-order valence-corrected chi connectivity index (χ4v) is 5.21. The normalized spacial score (nSPS) is 20.1. The van der Waals surface area contributed by atoms with Crippen LogP contribution < -0.4 is 14.5 Å². The van der Waals surface area contributed by atoms with Gasteiger partial charge in [-0.2, -0.15) is 9.97 Å². The van der Waals surface area contributed by atoms with Crippen molar-refractivity contribution in [2.75, 3.05) is 43.6 Å². The van der Waals surface area contributed by atoms with E-state index in [2.05, 4.69) is 56.0 Å². The van der Waals surface area contributed by atoms with Crippen molar-refractivity contribution in [2.45, 2.75) is 38.9 Å². The minimum Gasteiger partial charge on any atom is -0.464 e. The summed E-state index contributed by atoms with van der Waals surface area (Å²) in [5.41, 5.74) is 5.06. The maximum atomic E-state index is 14.1. The SMILES string of the molecule is CCOc1nc(C)c2c(n1)N(Cc1ccc(C3CCN(C)C3)cc1)C(c1cncc(F)c1)N2C. The van der Waals surface area contributed by atoms with E-state index in [0.29, 0.717) is 25.1 Å². The predicted octanol–water partition coefficient (Wildman–Crippen LogP) is 4.29. The number of likely N-dealkylation sites (N-methyl/N-ethyl adjacent to an activating group) is 1. The Morgan fingerprint density at radius 2 is 1.88 bits per heavy atom. The molecule has 4 heterocycles. The molecule has 1 fully saturated rings. The molecule has 2 aliphatic rings. The van der Waals surface area contributed by atoms with Gasteiger partial charge in [-0.3, -0.25) is 4.98 Å². The van der Waals surface area contributed by atoms with Crippen LogP contribution in [0, 0.1) is 12.7 Å². The Morgan fingerprint density at radius 1 is 1.09 bits per heavy atom. The Bertz CT molecular complexity index is 1170. The quantitative estimate of drug-likeness (QED) is 0.542. The number of hydrogen-bond donors (Lipinski definition) is 0. The van der Waals surface area contributed by atoms with Crippen LogP contribution in [0.1, 0.15) is 47.8 Å². The average molecular weight is 463 g/mol. The summed E-state index contributed by atoms with van der Waals surface area (Å²) in [6, 6.07) is 10.8. The third-order valence-corrected chi connectivity index (χ3v) is 6.80. The molecule has 1 saturated heterocycles. The van der Waals surface area contributed by atoms with Crippen molar-refractivity contribution < 1.29 is 9.13 Å². The molecule has 7 nitrogen and oxygen atoms in total. The molecule has 3 aromatic rings. The maximum absolute atomic E-state index is 14.1. The molecule has 2 atom stereocenters. The second-order valence-corrected chi connectivity index (χ2v) is 9.24. The predicted molar refractivity (Wildman–Crippen MR) is 131 cm³/mol. The standard InChI is InChI=1S/C26H31FN6O/c1-5-34-26-29-17(2)23-24(30-26)33(25(32(23)4)21-12-22(27)14-28-13-21)15-18-6-8-19(9-7-18)20-10-11-31(3)16-20/h6-9,12-14,20,25H,5,10-11,15-16H2,1-4H3. The van der Waals surface area contributed by atoms with E-state index in [1.54, 1.807) is 12.3 Å². The molecule has 0 bridgehead atoms. The number of fused-ring (bicyclic) bond motifs is 1. The van der Waals surface area contributed by atoms with Crippen molar-refractivity contribution in [1.82, 2.24) is 19.9 Å². The summed E-state index contributed by atoms with van der Waals surface area (Å²) >= 11 is 0. The van der Waals surface area contributed by atoms with E-state index in [1.807, 2.05) is 20.9 Å². The number of halogens is 1. The number of likely N-dealkylation sites (tertiary alicyclic amines) is 1. The van der Waals surface area contributed by atoms with Crippen LogP contribution in [0.3, 0.4) is 0 Å². The van der Waals surface area contributed by atoms with Crippen LogP contribution in [0.15, 0.2) is 42.7 Å². The van der Waals surface area contributed by atoms with Crippen molar-refractivity contribution in [2.24, 2.45) is 0 Å². The molecule has 2 aliphatic heterocycles. The smallest absolute Gasteiger partial charge is 0.318 e. The van der Waals surface area contributed by atoms with Gasteiger partial charge in [0.25, 0.3) is 0 Å². The van der Waals surface area contributed by atoms with E-state index in [-0.39, 0.29) is 12.0 Å². The molecule has 0 radical (unpaired) electrons. The number of ether oxygens (including phenoxy) is 1. The van der Waals surface area contributed by atoms with Gasteiger partial charge in [-0.25, -0.2) is 4.39 Å². The van der Waals surface area contributed by atoms with Crippen molar-refractivity contribution >= 4 is 11.5 Å². The number of benzene rings is 1. The highest BCUT2D eigenvalue weighted by Gasteiger charge is 2.39. The Morgan fingerprint density at radius 3 is 2.56 bits per heavy atom. The number of hydrogen-bond acceptors (Lipinski definition) is 7. The van der Waals surface area contributed by atoms with E-state index in [4.69, 9.17) is 9.72 Å². The second-order valence-electron chi connectivity index (χ2n) is 9.24. The summed E-state index contributed by atoms with van der Waals surface area (Å²) in [5, 5.41) is 0. The van der Waals surface area contributed by atoms with Crippen LogP contribution in [0.4, 0.5) is 15.9 Å². The zero-order valence-corrected chi connectivity index (χ0v) is 20.2. The van der Waals surface area contributed by atoms with E-state index < -0.39 is 0 Å². The zero-order valence-electron chi connectivity index (χ0n) is 20.2. The Kier molecular flexibility index (Phi) is 6.08. The number of nitrogens with zero attached hydrogens (tertiary/aromatic N) is 6. The highest BCUT2D eigenvalue weighted by Crippen LogP contribution is 2.47. The molecule has 2 unspecified atom stereocenters. The molecule has 0 spiro atoms. The van der Waals surface area contributed by atoms with Crippen LogP contribution in [-0.2, 0) is 6.54 Å².